The Morgan fingerprint density at radius 2 is 1.91 bits per heavy atom. The van der Waals surface area contributed by atoms with E-state index in [9.17, 15) is 19.5 Å². The summed E-state index contributed by atoms with van der Waals surface area (Å²) in [4.78, 5) is 42.0. The molecule has 1 aromatic heterocycles. The van der Waals surface area contributed by atoms with Crippen LogP contribution in [0.4, 0.5) is 0 Å². The van der Waals surface area contributed by atoms with E-state index in [0.29, 0.717) is 29.3 Å². The summed E-state index contributed by atoms with van der Waals surface area (Å²) in [5.41, 5.74) is 1.61. The van der Waals surface area contributed by atoms with Crippen LogP contribution in [0.15, 0.2) is 53.3 Å². The topological polar surface area (TPSA) is 91.6 Å². The van der Waals surface area contributed by atoms with E-state index in [1.54, 1.807) is 33.7 Å². The minimum Gasteiger partial charge on any atom is -0.396 e. The van der Waals surface area contributed by atoms with Crippen molar-refractivity contribution in [3.05, 3.63) is 75.7 Å². The summed E-state index contributed by atoms with van der Waals surface area (Å²) in [6.45, 7) is 2.50. The highest BCUT2D eigenvalue weighted by atomic mass is 16.3. The molecule has 2 N–H and O–H groups in total. The maximum Gasteiger partial charge on any atom is 0.258 e. The van der Waals surface area contributed by atoms with Crippen LogP contribution in [-0.4, -0.2) is 45.6 Å². The lowest BCUT2D eigenvalue weighted by atomic mass is 9.86. The summed E-state index contributed by atoms with van der Waals surface area (Å²) in [5, 5.41) is 13.4. The molecule has 7 heteroatoms. The van der Waals surface area contributed by atoms with E-state index in [1.807, 2.05) is 37.3 Å². The molecule has 172 valence electrons. The third kappa shape index (κ3) is 3.70. The van der Waals surface area contributed by atoms with Gasteiger partial charge in [0.05, 0.1) is 18.0 Å². The highest BCUT2D eigenvalue weighted by molar-refractivity contribution is 5.96. The highest BCUT2D eigenvalue weighted by Crippen LogP contribution is 2.49. The van der Waals surface area contributed by atoms with Crippen LogP contribution in [-0.2, 0) is 11.3 Å². The van der Waals surface area contributed by atoms with Crippen LogP contribution in [0.3, 0.4) is 0 Å². The molecular weight excluding hydrogens is 418 g/mol. The Bertz CT molecular complexity index is 1150. The number of hydrogen-bond donors (Lipinski definition) is 2. The number of carbonyl (C=O) groups excluding carboxylic acids is 2. The van der Waals surface area contributed by atoms with Gasteiger partial charge in [0.1, 0.15) is 0 Å². The Balaban J connectivity index is 1.61. The summed E-state index contributed by atoms with van der Waals surface area (Å²) < 4.78 is 1.69. The summed E-state index contributed by atoms with van der Waals surface area (Å²) in [5.74, 6) is -0.892. The molecule has 3 heterocycles. The highest BCUT2D eigenvalue weighted by Gasteiger charge is 2.57. The van der Waals surface area contributed by atoms with Gasteiger partial charge in [-0.25, -0.2) is 0 Å². The monoisotopic (exact) mass is 447 g/mol. The molecule has 33 heavy (non-hydrogen) atoms. The zero-order chi connectivity index (χ0) is 23.1. The third-order valence-electron chi connectivity index (χ3n) is 7.24. The molecule has 5 rings (SSSR count). The molecule has 0 radical (unpaired) electrons. The molecule has 3 aliphatic rings. The number of nitrogens with zero attached hydrogens (tertiary/aromatic N) is 2. The largest absolute Gasteiger partial charge is 0.396 e. The van der Waals surface area contributed by atoms with E-state index in [0.717, 1.165) is 12.8 Å². The number of aliphatic hydroxyl groups excluding tert-OH is 1. The summed E-state index contributed by atoms with van der Waals surface area (Å²) >= 11 is 0. The smallest absolute Gasteiger partial charge is 0.258 e. The first kappa shape index (κ1) is 21.6. The Morgan fingerprint density at radius 3 is 2.58 bits per heavy atom. The molecule has 4 atom stereocenters. The minimum atomic E-state index is -0.618. The first-order valence-electron chi connectivity index (χ1n) is 11.7. The van der Waals surface area contributed by atoms with Gasteiger partial charge in [-0.3, -0.25) is 14.4 Å². The van der Waals surface area contributed by atoms with Crippen molar-refractivity contribution in [2.45, 2.75) is 38.4 Å². The molecule has 2 fully saturated rings. The number of allylic oxidation sites excluding steroid dienone is 1. The number of aromatic nitrogens is 1. The van der Waals surface area contributed by atoms with Gasteiger partial charge in [-0.05, 0) is 49.9 Å². The predicted molar refractivity (Wildman–Crippen MR) is 124 cm³/mol. The number of rotatable bonds is 6. The van der Waals surface area contributed by atoms with E-state index in [4.69, 9.17) is 0 Å². The lowest BCUT2D eigenvalue weighted by molar-refractivity contribution is -0.127. The Kier molecular flexibility index (Phi) is 5.66. The number of pyridine rings is 1. The van der Waals surface area contributed by atoms with Crippen molar-refractivity contribution in [2.24, 2.45) is 17.8 Å². The fraction of sp³-hybridized carbons (Fsp3) is 0.423. The van der Waals surface area contributed by atoms with E-state index < -0.39 is 23.9 Å². The fourth-order valence-corrected chi connectivity index (χ4v) is 5.42. The van der Waals surface area contributed by atoms with Gasteiger partial charge in [0.15, 0.2) is 0 Å². The van der Waals surface area contributed by atoms with Gasteiger partial charge in [0, 0.05) is 42.4 Å². The van der Waals surface area contributed by atoms with Crippen molar-refractivity contribution in [1.82, 2.24) is 14.8 Å². The molecule has 1 aliphatic carbocycles. The second-order valence-electron chi connectivity index (χ2n) is 9.28. The van der Waals surface area contributed by atoms with Crippen molar-refractivity contribution in [3.8, 4) is 0 Å². The molecule has 7 nitrogen and oxygen atoms in total. The third-order valence-corrected chi connectivity index (χ3v) is 7.24. The van der Waals surface area contributed by atoms with E-state index in [2.05, 4.69) is 5.32 Å². The number of hydrogen-bond acceptors (Lipinski definition) is 4. The lowest BCUT2D eigenvalue weighted by Crippen LogP contribution is -2.49. The molecule has 0 spiro atoms. The molecule has 0 unspecified atom stereocenters. The summed E-state index contributed by atoms with van der Waals surface area (Å²) in [6.07, 6.45) is 5.81. The van der Waals surface area contributed by atoms with E-state index >= 15 is 0 Å². The van der Waals surface area contributed by atoms with Gasteiger partial charge in [0.25, 0.3) is 11.5 Å². The molecule has 2 aromatic rings. The number of aliphatic hydroxyl groups is 1. The quantitative estimate of drug-likeness (QED) is 0.710. The second kappa shape index (κ2) is 8.63. The van der Waals surface area contributed by atoms with Crippen molar-refractivity contribution >= 4 is 17.9 Å². The zero-order valence-electron chi connectivity index (χ0n) is 18.7. The predicted octanol–water partition coefficient (Wildman–Crippen LogP) is 2.21. The van der Waals surface area contributed by atoms with Crippen molar-refractivity contribution in [1.29, 1.82) is 0 Å². The molecule has 1 saturated carbocycles. The molecule has 2 amide bonds. The standard InChI is InChI=1S/C26H29N3O4/c1-2-6-17-11-12-20-23-22(24(31)27-13-16-9-10-16)19(15-30)21(14-28(20)25(17)32)29(23)26(33)18-7-4-3-5-8-18/h2-8,11-12,16,19,21-23,30H,9-10,13-15H2,1H3,(H,27,31)/b6-2-/t19-,21-,22+,23+/m1/s1. The lowest BCUT2D eigenvalue weighted by Gasteiger charge is -2.38. The van der Waals surface area contributed by atoms with E-state index in [1.165, 1.54) is 0 Å². The molecule has 2 bridgehead atoms. The van der Waals surface area contributed by atoms with Crippen LogP contribution in [0.2, 0.25) is 0 Å². The number of fused-ring (bicyclic) bond motifs is 4. The first-order chi connectivity index (χ1) is 16.0. The number of amides is 2. The number of nitrogens with one attached hydrogen (secondary N) is 1. The Hall–Kier alpha value is -3.19. The zero-order valence-corrected chi connectivity index (χ0v) is 18.7. The van der Waals surface area contributed by atoms with Crippen LogP contribution >= 0.6 is 0 Å². The van der Waals surface area contributed by atoms with Crippen LogP contribution in [0, 0.1) is 17.8 Å². The van der Waals surface area contributed by atoms with Crippen molar-refractivity contribution in [3.63, 3.8) is 0 Å². The molecule has 1 saturated heterocycles. The van der Waals surface area contributed by atoms with Crippen LogP contribution < -0.4 is 10.9 Å². The van der Waals surface area contributed by atoms with Crippen LogP contribution in [0.1, 0.15) is 47.4 Å². The normalized spacial score (nSPS) is 25.8. The van der Waals surface area contributed by atoms with Gasteiger partial charge >= 0.3 is 0 Å². The first-order valence-corrected chi connectivity index (χ1v) is 11.7. The van der Waals surface area contributed by atoms with Crippen molar-refractivity contribution in [2.75, 3.05) is 13.2 Å². The van der Waals surface area contributed by atoms with E-state index in [-0.39, 0.29) is 30.5 Å². The maximum absolute atomic E-state index is 13.6. The van der Waals surface area contributed by atoms with Gasteiger partial charge in [0.2, 0.25) is 5.91 Å². The molecule has 2 aliphatic heterocycles. The maximum atomic E-state index is 13.6. The number of carbonyl (C=O) groups is 2. The summed E-state index contributed by atoms with van der Waals surface area (Å²) in [7, 11) is 0. The van der Waals surface area contributed by atoms with Gasteiger partial charge in [-0.15, -0.1) is 0 Å². The minimum absolute atomic E-state index is 0.136. The van der Waals surface area contributed by atoms with Crippen LogP contribution in [0.25, 0.3) is 6.08 Å². The Labute approximate surface area is 192 Å². The molecule has 1 aromatic carbocycles. The average Bonchev–Trinajstić information content (AvgIpc) is 3.63. The SMILES string of the molecule is C/C=C\c1ccc2n(c1=O)C[C@@H]1[C@@H](CO)[C@H](C(=O)NCC3CC3)[C@H]2N1C(=O)c1ccccc1. The fourth-order valence-electron chi connectivity index (χ4n) is 5.42. The second-order valence-corrected chi connectivity index (χ2v) is 9.28. The van der Waals surface area contributed by atoms with Gasteiger partial charge in [-0.2, -0.15) is 0 Å². The number of benzene rings is 1. The van der Waals surface area contributed by atoms with Crippen molar-refractivity contribution < 1.29 is 14.7 Å². The van der Waals surface area contributed by atoms with Gasteiger partial charge in [-0.1, -0.05) is 30.4 Å². The van der Waals surface area contributed by atoms with Gasteiger partial charge < -0.3 is 19.9 Å². The summed E-state index contributed by atoms with van der Waals surface area (Å²) in [6, 6.07) is 11.5. The average molecular weight is 448 g/mol. The van der Waals surface area contributed by atoms with Crippen LogP contribution in [0.5, 0.6) is 0 Å². The Morgan fingerprint density at radius 1 is 1.15 bits per heavy atom. The molecular formula is C26H29N3O4.